The lowest BCUT2D eigenvalue weighted by molar-refractivity contribution is 0.478. The first-order chi connectivity index (χ1) is 34.8. The molecule has 6 nitrogen and oxygen atoms in total. The molecule has 322 valence electrons. The average molecular weight is 891 g/mol. The van der Waals surface area contributed by atoms with Crippen LogP contribution in [0.1, 0.15) is 0 Å². The van der Waals surface area contributed by atoms with Crippen LogP contribution in [0, 0.1) is 0 Å². The van der Waals surface area contributed by atoms with Crippen molar-refractivity contribution < 1.29 is 9.47 Å². The van der Waals surface area contributed by atoms with Crippen LogP contribution < -0.4 is 61.9 Å². The summed E-state index contributed by atoms with van der Waals surface area (Å²) in [7, 11) is 0. The summed E-state index contributed by atoms with van der Waals surface area (Å²) >= 11 is 0. The smallest absolute Gasteiger partial charge is 0.262 e. The third-order valence-corrected chi connectivity index (χ3v) is 15.7. The molecule has 0 atom stereocenters. The van der Waals surface area contributed by atoms with Gasteiger partial charge in [-0.1, -0.05) is 133 Å². The summed E-state index contributed by atoms with van der Waals surface area (Å²) in [6, 6.07) is 79.3. The molecule has 0 radical (unpaired) electrons. The fourth-order valence-electron chi connectivity index (χ4n) is 13.2. The van der Waals surface area contributed by atoms with Crippen LogP contribution in [0.15, 0.2) is 218 Å². The van der Waals surface area contributed by atoms with Gasteiger partial charge in [-0.05, 0) is 118 Å². The Hall–Kier alpha value is -9.13. The van der Waals surface area contributed by atoms with E-state index in [0.29, 0.717) is 0 Å². The zero-order valence-corrected chi connectivity index (χ0v) is 37.5. The molecule has 8 heteroatoms. The Labute approximate surface area is 404 Å². The number of hydrogen-bond donors (Lipinski definition) is 0. The van der Waals surface area contributed by atoms with E-state index in [1.54, 1.807) is 0 Å². The number of ether oxygens (including phenoxy) is 2. The average Bonchev–Trinajstić information content (AvgIpc) is 3.43. The van der Waals surface area contributed by atoms with Gasteiger partial charge in [-0.3, -0.25) is 0 Å². The summed E-state index contributed by atoms with van der Waals surface area (Å²) in [6.07, 6.45) is 0. The third-order valence-electron chi connectivity index (χ3n) is 15.7. The maximum atomic E-state index is 7.90. The minimum Gasteiger partial charge on any atom is -0.456 e. The number of nitrogens with zero attached hydrogens (tertiary/aromatic N) is 4. The Morgan fingerprint density at radius 1 is 0.271 bits per heavy atom. The van der Waals surface area contributed by atoms with Gasteiger partial charge in [0.15, 0.2) is 0 Å². The first-order valence-corrected chi connectivity index (χ1v) is 24.2. The van der Waals surface area contributed by atoms with Crippen molar-refractivity contribution in [3.8, 4) is 23.0 Å². The molecule has 70 heavy (non-hydrogen) atoms. The summed E-state index contributed by atoms with van der Waals surface area (Å²) in [5.41, 5.74) is 20.3. The minimum absolute atomic E-state index is 0.191. The highest BCUT2D eigenvalue weighted by molar-refractivity contribution is 7.04. The largest absolute Gasteiger partial charge is 0.456 e. The molecule has 0 N–H and O–H groups in total. The molecule has 6 heterocycles. The molecule has 11 aromatic rings. The first-order valence-electron chi connectivity index (χ1n) is 24.2. The van der Waals surface area contributed by atoms with Crippen LogP contribution in [-0.4, -0.2) is 13.4 Å². The Kier molecular flexibility index (Phi) is 7.02. The van der Waals surface area contributed by atoms with Crippen molar-refractivity contribution in [1.29, 1.82) is 0 Å². The van der Waals surface area contributed by atoms with Crippen molar-refractivity contribution in [2.45, 2.75) is 0 Å². The molecule has 0 unspecified atom stereocenters. The van der Waals surface area contributed by atoms with Crippen molar-refractivity contribution in [2.75, 3.05) is 19.6 Å². The van der Waals surface area contributed by atoms with Crippen LogP contribution in [0.5, 0.6) is 23.0 Å². The Morgan fingerprint density at radius 2 is 0.586 bits per heavy atom. The van der Waals surface area contributed by atoms with Crippen LogP contribution >= 0.6 is 0 Å². The van der Waals surface area contributed by atoms with Gasteiger partial charge in [0.1, 0.15) is 23.0 Å². The molecule has 0 fully saturated rings. The summed E-state index contributed by atoms with van der Waals surface area (Å²) < 4.78 is 15.8. The molecule has 0 saturated carbocycles. The Balaban J connectivity index is 1.07. The fraction of sp³-hybridized carbons (Fsp3) is 0. The van der Waals surface area contributed by atoms with Gasteiger partial charge in [-0.15, -0.1) is 0 Å². The van der Waals surface area contributed by atoms with Crippen LogP contribution in [-0.2, 0) is 0 Å². The summed E-state index contributed by atoms with van der Waals surface area (Å²) in [4.78, 5) is 9.92. The molecule has 0 amide bonds. The van der Waals surface area contributed by atoms with Gasteiger partial charge in [-0.25, -0.2) is 0 Å². The lowest BCUT2D eigenvalue weighted by Gasteiger charge is -2.51. The molecule has 0 spiro atoms. The molecular weight excluding hydrogens is 854 g/mol. The number of para-hydroxylation sites is 4. The van der Waals surface area contributed by atoms with E-state index in [-0.39, 0.29) is 13.4 Å². The summed E-state index contributed by atoms with van der Waals surface area (Å²) in [5, 5.41) is 4.62. The number of fused-ring (bicyclic) bond motifs is 6. The van der Waals surface area contributed by atoms with E-state index in [1.807, 2.05) is 0 Å². The number of rotatable bonds is 4. The van der Waals surface area contributed by atoms with E-state index in [2.05, 4.69) is 238 Å². The van der Waals surface area contributed by atoms with Gasteiger partial charge in [0.25, 0.3) is 13.4 Å². The van der Waals surface area contributed by atoms with Crippen LogP contribution in [0.4, 0.5) is 68.2 Å². The molecule has 0 aliphatic carbocycles. The zero-order chi connectivity index (χ0) is 45.3. The van der Waals surface area contributed by atoms with E-state index in [1.165, 1.54) is 32.6 Å². The van der Waals surface area contributed by atoms with Gasteiger partial charge in [0.05, 0.1) is 22.7 Å². The molecule has 17 rings (SSSR count). The molecule has 11 aromatic carbocycles. The Morgan fingerprint density at radius 3 is 0.943 bits per heavy atom. The molecule has 0 aromatic heterocycles. The van der Waals surface area contributed by atoms with Crippen molar-refractivity contribution in [1.82, 2.24) is 0 Å². The first kappa shape index (κ1) is 36.9. The highest BCUT2D eigenvalue weighted by atomic mass is 16.5. The predicted octanol–water partition coefficient (Wildman–Crippen LogP) is 12.4. The maximum absolute atomic E-state index is 7.90. The second-order valence-electron chi connectivity index (χ2n) is 19.1. The fourth-order valence-corrected chi connectivity index (χ4v) is 13.2. The maximum Gasteiger partial charge on any atom is 0.262 e. The number of hydrogen-bond acceptors (Lipinski definition) is 6. The van der Waals surface area contributed by atoms with Gasteiger partial charge in [0.2, 0.25) is 0 Å². The quantitative estimate of drug-likeness (QED) is 0.164. The Bertz CT molecular complexity index is 3850. The van der Waals surface area contributed by atoms with Gasteiger partial charge >= 0.3 is 0 Å². The van der Waals surface area contributed by atoms with Crippen molar-refractivity contribution in [3.05, 3.63) is 218 Å². The SMILES string of the molecule is c1ccc(N2c3cccc4c3B3c5c(c6c7c(c52)Oc2cc5ccccc5c5c2B7c2c(cccc2N5c2ccccc2)N6c2ccccc2)Oc2cc5ccccc5c(c23)N4c2ccccc2)cc1. The van der Waals surface area contributed by atoms with E-state index >= 15 is 0 Å². The lowest BCUT2D eigenvalue weighted by atomic mass is 9.29. The van der Waals surface area contributed by atoms with E-state index in [4.69, 9.17) is 9.47 Å². The van der Waals surface area contributed by atoms with Crippen molar-refractivity contribution >= 4 is 136 Å². The minimum atomic E-state index is -0.191. The molecular formula is C62H36B2N4O2. The lowest BCUT2D eigenvalue weighted by Crippen LogP contribution is -2.67. The summed E-state index contributed by atoms with van der Waals surface area (Å²) in [5.74, 6) is 3.47. The monoisotopic (exact) mass is 890 g/mol. The molecule has 6 aliphatic rings. The van der Waals surface area contributed by atoms with Gasteiger partial charge in [0, 0.05) is 67.2 Å². The van der Waals surface area contributed by atoms with Crippen molar-refractivity contribution in [3.63, 3.8) is 0 Å². The van der Waals surface area contributed by atoms with Crippen LogP contribution in [0.2, 0.25) is 0 Å². The van der Waals surface area contributed by atoms with Gasteiger partial charge < -0.3 is 29.1 Å². The number of benzene rings is 11. The normalized spacial score (nSPS) is 14.3. The second-order valence-corrected chi connectivity index (χ2v) is 19.1. The van der Waals surface area contributed by atoms with E-state index in [9.17, 15) is 0 Å². The zero-order valence-electron chi connectivity index (χ0n) is 37.5. The number of anilines is 12. The van der Waals surface area contributed by atoms with Gasteiger partial charge in [-0.2, -0.15) is 0 Å². The molecule has 6 aliphatic heterocycles. The van der Waals surface area contributed by atoms with Crippen LogP contribution in [0.3, 0.4) is 0 Å². The molecule has 0 saturated heterocycles. The highest BCUT2D eigenvalue weighted by Crippen LogP contribution is 2.59. The highest BCUT2D eigenvalue weighted by Gasteiger charge is 2.57. The topological polar surface area (TPSA) is 31.4 Å². The summed E-state index contributed by atoms with van der Waals surface area (Å²) in [6.45, 7) is -0.382. The van der Waals surface area contributed by atoms with Crippen molar-refractivity contribution in [2.24, 2.45) is 0 Å². The molecule has 0 bridgehead atoms. The standard InChI is InChI=1S/C62H36B2N4O2/c1-5-21-39(22-6-1)65-45-31-17-33-47-51(45)63-53-49(35-37-19-13-15-29-43(37)57(53)65)69-61-55(63)59(67(47)41-25-9-3-10-26-41)62-56-60(61)68(42-27-11-4-12-28-42)48-34-18-32-46-52(48)64(56)54-50(70-62)36-38-20-14-16-30-44(38)58(54)66(46)40-23-7-2-8-24-40/h1-36H. The second kappa shape index (κ2) is 13.3. The third kappa shape index (κ3) is 4.52. The van der Waals surface area contributed by atoms with E-state index < -0.39 is 0 Å². The predicted molar refractivity (Wildman–Crippen MR) is 290 cm³/mol. The van der Waals surface area contributed by atoms with Crippen LogP contribution in [0.25, 0.3) is 21.5 Å². The van der Waals surface area contributed by atoms with E-state index in [0.717, 1.165) is 113 Å².